The fraction of sp³-hybridized carbons (Fsp3) is 0.875. The molecule has 0 aromatic rings. The van der Waals surface area contributed by atoms with Gasteiger partial charge in [-0.2, -0.15) is 0 Å². The molecule has 5 nitrogen and oxygen atoms in total. The van der Waals surface area contributed by atoms with Crippen LogP contribution < -0.4 is 5.32 Å². The quantitative estimate of drug-likeness (QED) is 0.822. The Hall–Kier alpha value is -1.26. The average molecular weight is 294 g/mol. The fourth-order valence-corrected chi connectivity index (χ4v) is 5.14. The Morgan fingerprint density at radius 2 is 1.95 bits per heavy atom. The highest BCUT2D eigenvalue weighted by molar-refractivity contribution is 5.83. The molecule has 3 aliphatic rings. The number of rotatable bonds is 2. The summed E-state index contributed by atoms with van der Waals surface area (Å²) < 4.78 is 0. The number of hydrogen-bond acceptors (Lipinski definition) is 2. The van der Waals surface area contributed by atoms with Gasteiger partial charge in [0.15, 0.2) is 0 Å². The van der Waals surface area contributed by atoms with Gasteiger partial charge in [-0.25, -0.2) is 9.59 Å². The second-order valence-corrected chi connectivity index (χ2v) is 7.99. The second-order valence-electron chi connectivity index (χ2n) is 7.99. The molecule has 2 amide bonds. The normalized spacial score (nSPS) is 40.5. The summed E-state index contributed by atoms with van der Waals surface area (Å²) in [5.74, 6) is -0.220. The molecular weight excluding hydrogens is 268 g/mol. The molecule has 1 saturated heterocycles. The van der Waals surface area contributed by atoms with E-state index in [1.165, 1.54) is 17.7 Å². The van der Waals surface area contributed by atoms with Crippen molar-refractivity contribution in [2.24, 2.45) is 16.7 Å². The molecule has 118 valence electrons. The van der Waals surface area contributed by atoms with Crippen molar-refractivity contribution < 1.29 is 14.7 Å². The molecule has 0 radical (unpaired) electrons. The minimum atomic E-state index is -0.888. The molecule has 2 aliphatic carbocycles. The first-order valence-electron chi connectivity index (χ1n) is 8.06. The lowest BCUT2D eigenvalue weighted by Gasteiger charge is -2.43. The van der Waals surface area contributed by atoms with Crippen LogP contribution in [0.5, 0.6) is 0 Å². The molecule has 2 bridgehead atoms. The fourth-order valence-electron chi connectivity index (χ4n) is 5.14. The lowest BCUT2D eigenvalue weighted by Crippen LogP contribution is -2.57. The maximum Gasteiger partial charge on any atom is 0.326 e. The van der Waals surface area contributed by atoms with E-state index in [0.29, 0.717) is 18.9 Å². The van der Waals surface area contributed by atoms with E-state index in [9.17, 15) is 14.7 Å². The van der Waals surface area contributed by atoms with Gasteiger partial charge in [0.2, 0.25) is 0 Å². The van der Waals surface area contributed by atoms with Crippen molar-refractivity contribution in [2.45, 2.75) is 65.0 Å². The molecule has 0 aromatic heterocycles. The number of nitrogens with zero attached hydrogens (tertiary/aromatic N) is 1. The summed E-state index contributed by atoms with van der Waals surface area (Å²) >= 11 is 0. The number of fused-ring (bicyclic) bond motifs is 2. The summed E-state index contributed by atoms with van der Waals surface area (Å²) in [6.07, 6.45) is 4.92. The van der Waals surface area contributed by atoms with Crippen molar-refractivity contribution in [2.75, 3.05) is 6.54 Å². The molecule has 1 aliphatic heterocycles. The third-order valence-corrected chi connectivity index (χ3v) is 6.34. The van der Waals surface area contributed by atoms with Crippen LogP contribution in [0.3, 0.4) is 0 Å². The number of carboxylic acid groups (broad SMARTS) is 1. The summed E-state index contributed by atoms with van der Waals surface area (Å²) in [4.78, 5) is 25.3. The molecule has 0 spiro atoms. The smallest absolute Gasteiger partial charge is 0.326 e. The number of nitrogens with one attached hydrogen (secondary N) is 1. The van der Waals surface area contributed by atoms with Crippen LogP contribution in [0.1, 0.15) is 52.9 Å². The molecule has 1 heterocycles. The molecule has 3 fully saturated rings. The third-order valence-electron chi connectivity index (χ3n) is 6.34. The molecule has 3 rings (SSSR count). The lowest BCUT2D eigenvalue weighted by molar-refractivity contribution is -0.141. The van der Waals surface area contributed by atoms with Crippen LogP contribution in [0.4, 0.5) is 4.79 Å². The van der Waals surface area contributed by atoms with Gasteiger partial charge >= 0.3 is 12.0 Å². The lowest BCUT2D eigenvalue weighted by atomic mass is 9.68. The monoisotopic (exact) mass is 294 g/mol. The number of likely N-dealkylation sites (tertiary alicyclic amines) is 1. The average Bonchev–Trinajstić information content (AvgIpc) is 3.04. The predicted molar refractivity (Wildman–Crippen MR) is 78.9 cm³/mol. The van der Waals surface area contributed by atoms with Crippen LogP contribution in [0.2, 0.25) is 0 Å². The summed E-state index contributed by atoms with van der Waals surface area (Å²) in [5.41, 5.74) is 0.267. The molecule has 2 saturated carbocycles. The van der Waals surface area contributed by atoms with Crippen LogP contribution in [-0.2, 0) is 4.79 Å². The number of amides is 2. The zero-order valence-corrected chi connectivity index (χ0v) is 13.2. The molecule has 2 N–H and O–H groups in total. The van der Waals surface area contributed by atoms with Gasteiger partial charge in [-0.15, -0.1) is 0 Å². The van der Waals surface area contributed by atoms with Crippen molar-refractivity contribution in [3.8, 4) is 0 Å². The van der Waals surface area contributed by atoms with Gasteiger partial charge in [-0.3, -0.25) is 0 Å². The van der Waals surface area contributed by atoms with E-state index in [-0.39, 0.29) is 22.9 Å². The zero-order chi connectivity index (χ0) is 15.4. The van der Waals surface area contributed by atoms with Gasteiger partial charge in [0.1, 0.15) is 6.04 Å². The van der Waals surface area contributed by atoms with Crippen LogP contribution in [0.15, 0.2) is 0 Å². The van der Waals surface area contributed by atoms with Crippen LogP contribution in [-0.4, -0.2) is 40.6 Å². The van der Waals surface area contributed by atoms with Crippen molar-refractivity contribution in [3.63, 3.8) is 0 Å². The second kappa shape index (κ2) is 4.62. The number of carboxylic acids is 1. The molecule has 4 unspecified atom stereocenters. The van der Waals surface area contributed by atoms with Crippen LogP contribution >= 0.6 is 0 Å². The number of carbonyl (C=O) groups excluding carboxylic acids is 1. The highest BCUT2D eigenvalue weighted by atomic mass is 16.4. The van der Waals surface area contributed by atoms with Gasteiger partial charge in [-0.1, -0.05) is 20.8 Å². The summed E-state index contributed by atoms with van der Waals surface area (Å²) in [5, 5.41) is 12.4. The van der Waals surface area contributed by atoms with Gasteiger partial charge in [0.05, 0.1) is 0 Å². The Bertz CT molecular complexity index is 471. The first-order valence-corrected chi connectivity index (χ1v) is 8.06. The minimum absolute atomic E-state index is 0.0983. The number of carbonyl (C=O) groups is 2. The highest BCUT2D eigenvalue weighted by Gasteiger charge is 2.60. The maximum absolute atomic E-state index is 12.6. The Morgan fingerprint density at radius 3 is 2.52 bits per heavy atom. The molecular formula is C16H26N2O3. The van der Waals surface area contributed by atoms with Crippen molar-refractivity contribution in [1.82, 2.24) is 10.2 Å². The Kier molecular flexibility index (Phi) is 3.22. The SMILES string of the molecule is CC12CCC(C1)C(C)(C)C2NC(=O)N1CCCC1C(=O)O. The molecule has 0 aromatic carbocycles. The van der Waals surface area contributed by atoms with Gasteiger partial charge in [0.25, 0.3) is 0 Å². The first kappa shape index (κ1) is 14.7. The van der Waals surface area contributed by atoms with E-state index < -0.39 is 12.0 Å². The van der Waals surface area contributed by atoms with E-state index >= 15 is 0 Å². The van der Waals surface area contributed by atoms with Gasteiger partial charge < -0.3 is 15.3 Å². The van der Waals surface area contributed by atoms with Gasteiger partial charge in [-0.05, 0) is 48.9 Å². The predicted octanol–water partition coefficient (Wildman–Crippen LogP) is 2.46. The van der Waals surface area contributed by atoms with E-state index in [0.717, 1.165) is 12.8 Å². The summed E-state index contributed by atoms with van der Waals surface area (Å²) in [6, 6.07) is -0.697. The Labute approximate surface area is 126 Å². The van der Waals surface area contributed by atoms with Gasteiger partial charge in [0, 0.05) is 12.6 Å². The first-order chi connectivity index (χ1) is 9.75. The maximum atomic E-state index is 12.6. The van der Waals surface area contributed by atoms with E-state index in [2.05, 4.69) is 26.1 Å². The van der Waals surface area contributed by atoms with Crippen LogP contribution in [0, 0.1) is 16.7 Å². The van der Waals surface area contributed by atoms with E-state index in [1.54, 1.807) is 0 Å². The largest absolute Gasteiger partial charge is 0.480 e. The van der Waals surface area contributed by atoms with Crippen LogP contribution in [0.25, 0.3) is 0 Å². The van der Waals surface area contributed by atoms with Crippen molar-refractivity contribution in [3.05, 3.63) is 0 Å². The van der Waals surface area contributed by atoms with Crippen molar-refractivity contribution >= 4 is 12.0 Å². The Balaban J connectivity index is 1.74. The van der Waals surface area contributed by atoms with Crippen molar-refractivity contribution in [1.29, 1.82) is 0 Å². The third kappa shape index (κ3) is 2.12. The molecule has 4 atom stereocenters. The van der Waals surface area contributed by atoms with E-state index in [1.807, 2.05) is 0 Å². The highest BCUT2D eigenvalue weighted by Crippen LogP contribution is 2.62. The zero-order valence-electron chi connectivity index (χ0n) is 13.2. The summed E-state index contributed by atoms with van der Waals surface area (Å²) in [7, 11) is 0. The standard InChI is InChI=1S/C16H26N2O3/c1-15(2)10-6-7-16(3,9-10)13(15)17-14(21)18-8-4-5-11(18)12(19)20/h10-11,13H,4-9H2,1-3H3,(H,17,21)(H,19,20). The molecule has 21 heavy (non-hydrogen) atoms. The topological polar surface area (TPSA) is 69.6 Å². The molecule has 5 heteroatoms. The van der Waals surface area contributed by atoms with E-state index in [4.69, 9.17) is 0 Å². The Morgan fingerprint density at radius 1 is 1.24 bits per heavy atom. The number of urea groups is 1. The summed E-state index contributed by atoms with van der Waals surface area (Å²) in [6.45, 7) is 7.30. The number of aliphatic carboxylic acids is 1. The minimum Gasteiger partial charge on any atom is -0.480 e. The number of hydrogen-bond donors (Lipinski definition) is 2.